The van der Waals surface area contributed by atoms with E-state index in [1.165, 1.54) is 11.1 Å². The number of nitrogens with one attached hydrogen (secondary N) is 1. The summed E-state index contributed by atoms with van der Waals surface area (Å²) < 4.78 is 10.9. The van der Waals surface area contributed by atoms with Crippen LogP contribution in [0.5, 0.6) is 0 Å². The maximum atomic E-state index is 12.3. The summed E-state index contributed by atoms with van der Waals surface area (Å²) >= 11 is 0. The average molecular weight is 519 g/mol. The van der Waals surface area contributed by atoms with E-state index in [1.807, 2.05) is 38.4 Å². The molecule has 0 radical (unpaired) electrons. The summed E-state index contributed by atoms with van der Waals surface area (Å²) in [7, 11) is 0. The Balaban J connectivity index is 1.44. The Labute approximate surface area is 224 Å². The third kappa shape index (κ3) is 6.65. The van der Waals surface area contributed by atoms with Gasteiger partial charge < -0.3 is 14.6 Å². The molecule has 2 heterocycles. The first-order valence-corrected chi connectivity index (χ1v) is 13.2. The molecular weight excluding hydrogens is 480 g/mol. The normalized spacial score (nSPS) is 14.6. The van der Waals surface area contributed by atoms with Crippen LogP contribution in [0.15, 0.2) is 29.0 Å². The van der Waals surface area contributed by atoms with Gasteiger partial charge in [-0.3, -0.25) is 14.6 Å². The second-order valence-electron chi connectivity index (χ2n) is 12.0. The van der Waals surface area contributed by atoms with Crippen LogP contribution in [0.4, 0.5) is 0 Å². The molecule has 1 amide bonds. The molecule has 0 atom stereocenters. The van der Waals surface area contributed by atoms with Crippen molar-refractivity contribution in [1.29, 1.82) is 0 Å². The fraction of sp³-hybridized carbons (Fsp3) is 0.500. The van der Waals surface area contributed by atoms with Gasteiger partial charge in [0.25, 0.3) is 5.89 Å². The molecule has 0 aliphatic heterocycles. The number of aryl methyl sites for hydroxylation is 2. The van der Waals surface area contributed by atoms with Crippen molar-refractivity contribution in [2.45, 2.75) is 86.2 Å². The van der Waals surface area contributed by atoms with E-state index in [2.05, 4.69) is 29.3 Å². The zero-order valence-corrected chi connectivity index (χ0v) is 23.5. The van der Waals surface area contributed by atoms with Crippen molar-refractivity contribution in [1.82, 2.24) is 20.4 Å². The highest BCUT2D eigenvalue weighted by atomic mass is 16.6. The number of hydrogen-bond acceptors (Lipinski definition) is 7. The third-order valence-electron chi connectivity index (χ3n) is 6.93. The van der Waals surface area contributed by atoms with Crippen molar-refractivity contribution < 1.29 is 18.8 Å². The van der Waals surface area contributed by atoms with Crippen molar-refractivity contribution >= 4 is 11.9 Å². The highest BCUT2D eigenvalue weighted by molar-refractivity contribution is 5.82. The number of rotatable bonds is 7. The van der Waals surface area contributed by atoms with Gasteiger partial charge in [0.05, 0.1) is 5.56 Å². The quantitative estimate of drug-likeness (QED) is 0.422. The number of hydrogen-bond donors (Lipinski definition) is 1. The topological polar surface area (TPSA) is 107 Å². The summed E-state index contributed by atoms with van der Waals surface area (Å²) in [5, 5.41) is 6.92. The minimum Gasteiger partial charge on any atom is -0.459 e. The maximum absolute atomic E-state index is 12.3. The summed E-state index contributed by atoms with van der Waals surface area (Å²) in [6.45, 7) is 13.9. The monoisotopic (exact) mass is 518 g/mol. The van der Waals surface area contributed by atoms with E-state index < -0.39 is 11.6 Å². The Hall–Kier alpha value is -3.55. The SMILES string of the molecule is Cc1cc(-c2noc(-c3cncc4c3CCC(C)(C)C4)n2)cc(C)c1CCC(=O)NCC(=O)OC(C)(C)C. The second-order valence-corrected chi connectivity index (χ2v) is 12.0. The second kappa shape index (κ2) is 10.7. The molecule has 0 saturated heterocycles. The number of carbonyl (C=O) groups is 2. The molecule has 3 aromatic rings. The number of pyridine rings is 1. The molecule has 0 saturated carbocycles. The Bertz CT molecular complexity index is 1330. The number of fused-ring (bicyclic) bond motifs is 1. The molecule has 8 nitrogen and oxygen atoms in total. The van der Waals surface area contributed by atoms with Crippen LogP contribution in [-0.4, -0.2) is 39.1 Å². The van der Waals surface area contributed by atoms with Gasteiger partial charge in [-0.15, -0.1) is 0 Å². The molecule has 38 heavy (non-hydrogen) atoms. The van der Waals surface area contributed by atoms with Crippen LogP contribution in [0.1, 0.15) is 75.3 Å². The van der Waals surface area contributed by atoms with Crippen LogP contribution >= 0.6 is 0 Å². The Morgan fingerprint density at radius 2 is 1.84 bits per heavy atom. The number of aromatic nitrogens is 3. The van der Waals surface area contributed by atoms with Crippen molar-refractivity contribution in [3.63, 3.8) is 0 Å². The lowest BCUT2D eigenvalue weighted by Gasteiger charge is -2.31. The van der Waals surface area contributed by atoms with E-state index in [-0.39, 0.29) is 24.3 Å². The van der Waals surface area contributed by atoms with Gasteiger partial charge in [-0.2, -0.15) is 4.98 Å². The molecule has 202 valence electrons. The first kappa shape index (κ1) is 27.5. The van der Waals surface area contributed by atoms with Crippen LogP contribution in [0.3, 0.4) is 0 Å². The summed E-state index contributed by atoms with van der Waals surface area (Å²) in [5.74, 6) is 0.383. The van der Waals surface area contributed by atoms with E-state index in [0.29, 0.717) is 18.1 Å². The molecule has 1 N–H and O–H groups in total. The summed E-state index contributed by atoms with van der Waals surface area (Å²) in [5.41, 5.74) is 7.17. The average Bonchev–Trinajstić information content (AvgIpc) is 3.30. The van der Waals surface area contributed by atoms with Gasteiger partial charge in [0, 0.05) is 24.4 Å². The molecule has 2 aromatic heterocycles. The van der Waals surface area contributed by atoms with Crippen LogP contribution in [0.25, 0.3) is 22.8 Å². The minimum atomic E-state index is -0.578. The largest absolute Gasteiger partial charge is 0.459 e. The number of esters is 1. The van der Waals surface area contributed by atoms with Gasteiger partial charge in [0.2, 0.25) is 11.7 Å². The Morgan fingerprint density at radius 1 is 1.13 bits per heavy atom. The van der Waals surface area contributed by atoms with Crippen molar-refractivity contribution in [2.75, 3.05) is 6.54 Å². The van der Waals surface area contributed by atoms with Crippen molar-refractivity contribution in [2.24, 2.45) is 5.41 Å². The predicted octanol–water partition coefficient (Wildman–Crippen LogP) is 5.32. The molecule has 1 aromatic carbocycles. The number of nitrogens with zero attached hydrogens (tertiary/aromatic N) is 3. The van der Waals surface area contributed by atoms with Crippen LogP contribution in [-0.2, 0) is 33.6 Å². The lowest BCUT2D eigenvalue weighted by atomic mass is 9.74. The maximum Gasteiger partial charge on any atom is 0.325 e. The highest BCUT2D eigenvalue weighted by Crippen LogP contribution is 2.38. The molecular formula is C30H38N4O4. The van der Waals surface area contributed by atoms with E-state index in [9.17, 15) is 9.59 Å². The molecule has 4 rings (SSSR count). The Morgan fingerprint density at radius 3 is 2.53 bits per heavy atom. The predicted molar refractivity (Wildman–Crippen MR) is 145 cm³/mol. The molecule has 1 aliphatic carbocycles. The highest BCUT2D eigenvalue weighted by Gasteiger charge is 2.28. The molecule has 1 aliphatic rings. The fourth-order valence-electron chi connectivity index (χ4n) is 5.07. The van der Waals surface area contributed by atoms with E-state index in [4.69, 9.17) is 14.2 Å². The fourth-order valence-corrected chi connectivity index (χ4v) is 5.07. The van der Waals surface area contributed by atoms with Gasteiger partial charge in [0.1, 0.15) is 12.1 Å². The van der Waals surface area contributed by atoms with E-state index in [1.54, 1.807) is 20.8 Å². The molecule has 0 unspecified atom stereocenters. The third-order valence-corrected chi connectivity index (χ3v) is 6.93. The zero-order chi connectivity index (χ0) is 27.7. The van der Waals surface area contributed by atoms with Gasteiger partial charge in [-0.25, -0.2) is 0 Å². The summed E-state index contributed by atoms with van der Waals surface area (Å²) in [6, 6.07) is 4.05. The minimum absolute atomic E-state index is 0.134. The first-order chi connectivity index (χ1) is 17.8. The first-order valence-electron chi connectivity index (χ1n) is 13.2. The number of benzene rings is 1. The van der Waals surface area contributed by atoms with E-state index in [0.717, 1.165) is 47.1 Å². The lowest BCUT2D eigenvalue weighted by Crippen LogP contribution is -2.34. The Kier molecular flexibility index (Phi) is 7.72. The van der Waals surface area contributed by atoms with Gasteiger partial charge >= 0.3 is 5.97 Å². The molecule has 0 spiro atoms. The number of carbonyl (C=O) groups excluding carboxylic acids is 2. The number of amides is 1. The van der Waals surface area contributed by atoms with Crippen molar-refractivity contribution in [3.8, 4) is 22.8 Å². The smallest absolute Gasteiger partial charge is 0.325 e. The van der Waals surface area contributed by atoms with Gasteiger partial charge in [0.15, 0.2) is 0 Å². The molecule has 8 heteroatoms. The van der Waals surface area contributed by atoms with Gasteiger partial charge in [-0.1, -0.05) is 19.0 Å². The van der Waals surface area contributed by atoms with Gasteiger partial charge in [-0.05, 0) is 106 Å². The van der Waals surface area contributed by atoms with Crippen LogP contribution in [0, 0.1) is 19.3 Å². The zero-order valence-electron chi connectivity index (χ0n) is 23.5. The van der Waals surface area contributed by atoms with Crippen LogP contribution < -0.4 is 5.32 Å². The number of ether oxygens (including phenoxy) is 1. The standard InChI is InChI=1S/C30H38N4O4/c1-18-12-20(13-19(2)22(18)8-9-25(35)32-17-26(36)37-29(3,4)5)27-33-28(38-34-27)24-16-31-15-21-14-30(6,7)11-10-23(21)24/h12-13,15-16H,8-11,14,17H2,1-7H3,(H,32,35). The molecule has 0 bridgehead atoms. The van der Waals surface area contributed by atoms with Crippen LogP contribution in [0.2, 0.25) is 0 Å². The molecule has 0 fully saturated rings. The summed E-state index contributed by atoms with van der Waals surface area (Å²) in [4.78, 5) is 33.3. The summed E-state index contributed by atoms with van der Waals surface area (Å²) in [6.07, 6.45) is 7.69. The van der Waals surface area contributed by atoms with E-state index >= 15 is 0 Å². The lowest BCUT2D eigenvalue weighted by molar-refractivity contribution is -0.154. The van der Waals surface area contributed by atoms with Crippen molar-refractivity contribution in [3.05, 3.63) is 52.3 Å².